The number of alkyl halides is 1. The van der Waals surface area contributed by atoms with Crippen molar-refractivity contribution >= 4 is 17.3 Å². The lowest BCUT2D eigenvalue weighted by molar-refractivity contribution is 0.938. The summed E-state index contributed by atoms with van der Waals surface area (Å²) in [6.45, 7) is 2.85. The summed E-state index contributed by atoms with van der Waals surface area (Å²) in [5.41, 5.74) is 2.28. The molecule has 1 rings (SSSR count). The summed E-state index contributed by atoms with van der Waals surface area (Å²) in [6, 6.07) is 10.2. The minimum absolute atomic E-state index is 0.686. The molecule has 0 aromatic heterocycles. The van der Waals surface area contributed by atoms with Gasteiger partial charge in [-0.05, 0) is 18.9 Å². The molecule has 0 bridgehead atoms. The first-order valence-electron chi connectivity index (χ1n) is 4.47. The lowest BCUT2D eigenvalue weighted by Crippen LogP contribution is -1.96. The number of rotatable bonds is 4. The molecule has 1 aromatic carbocycles. The van der Waals surface area contributed by atoms with Gasteiger partial charge in [0.05, 0.1) is 0 Å². The molecular formula is C11H14ClN. The van der Waals surface area contributed by atoms with E-state index < -0.39 is 0 Å². The molecule has 0 amide bonds. The molecule has 0 N–H and O–H groups in total. The van der Waals surface area contributed by atoms with E-state index in [-0.39, 0.29) is 0 Å². The third kappa shape index (κ3) is 3.60. The highest BCUT2D eigenvalue weighted by atomic mass is 35.5. The Kier molecular flexibility index (Phi) is 4.55. The average molecular weight is 196 g/mol. The van der Waals surface area contributed by atoms with Crippen molar-refractivity contribution in [3.63, 3.8) is 0 Å². The van der Waals surface area contributed by atoms with Crippen molar-refractivity contribution < 1.29 is 0 Å². The Labute approximate surface area is 84.5 Å². The van der Waals surface area contributed by atoms with Crippen molar-refractivity contribution in [2.75, 3.05) is 12.4 Å². The van der Waals surface area contributed by atoms with Crippen molar-refractivity contribution in [3.8, 4) is 0 Å². The molecule has 0 aliphatic heterocycles. The molecule has 0 radical (unpaired) electrons. The molecule has 0 unspecified atom stereocenters. The number of hydrogen-bond donors (Lipinski definition) is 0. The molecule has 0 saturated carbocycles. The molecule has 0 aliphatic carbocycles. The van der Waals surface area contributed by atoms with E-state index in [2.05, 4.69) is 17.1 Å². The molecule has 0 aliphatic rings. The molecule has 0 atom stereocenters. The van der Waals surface area contributed by atoms with Gasteiger partial charge in [-0.3, -0.25) is 4.99 Å². The predicted octanol–water partition coefficient (Wildman–Crippen LogP) is 3.12. The molecule has 1 aromatic rings. The van der Waals surface area contributed by atoms with Crippen LogP contribution in [0.4, 0.5) is 0 Å². The maximum Gasteiger partial charge on any atom is 0.0404 e. The first kappa shape index (κ1) is 10.3. The highest BCUT2D eigenvalue weighted by molar-refractivity contribution is 6.17. The quantitative estimate of drug-likeness (QED) is 0.398. The topological polar surface area (TPSA) is 12.4 Å². The third-order valence-corrected chi connectivity index (χ3v) is 2.10. The molecule has 1 nitrogen and oxygen atoms in total. The smallest absolute Gasteiger partial charge is 0.0404 e. The SMILES string of the molecule is CC(=NCCCCl)c1ccccc1. The van der Waals surface area contributed by atoms with Crippen LogP contribution in [0.2, 0.25) is 0 Å². The molecule has 0 heterocycles. The lowest BCUT2D eigenvalue weighted by Gasteiger charge is -1.99. The second-order valence-electron chi connectivity index (χ2n) is 2.88. The van der Waals surface area contributed by atoms with Crippen molar-refractivity contribution in [1.29, 1.82) is 0 Å². The standard InChI is InChI=1S/C11H14ClN/c1-10(13-9-5-8-12)11-6-3-2-4-7-11/h2-4,6-7H,5,8-9H2,1H3. The van der Waals surface area contributed by atoms with Gasteiger partial charge in [-0.25, -0.2) is 0 Å². The Hall–Kier alpha value is -0.820. The zero-order valence-corrected chi connectivity index (χ0v) is 8.59. The molecule has 0 spiro atoms. The van der Waals surface area contributed by atoms with E-state index in [0.29, 0.717) is 5.88 Å². The molecule has 0 saturated heterocycles. The van der Waals surface area contributed by atoms with Gasteiger partial charge in [0.25, 0.3) is 0 Å². The summed E-state index contributed by atoms with van der Waals surface area (Å²) < 4.78 is 0. The van der Waals surface area contributed by atoms with Gasteiger partial charge in [-0.15, -0.1) is 11.6 Å². The van der Waals surface area contributed by atoms with Gasteiger partial charge >= 0.3 is 0 Å². The fraction of sp³-hybridized carbons (Fsp3) is 0.364. The number of aliphatic imine (C=N–C) groups is 1. The van der Waals surface area contributed by atoms with Crippen LogP contribution >= 0.6 is 11.6 Å². The Bertz CT molecular complexity index is 267. The minimum Gasteiger partial charge on any atom is -0.289 e. The van der Waals surface area contributed by atoms with Crippen molar-refractivity contribution in [2.24, 2.45) is 4.99 Å². The van der Waals surface area contributed by atoms with Crippen molar-refractivity contribution in [1.82, 2.24) is 0 Å². The van der Waals surface area contributed by atoms with Gasteiger partial charge in [-0.1, -0.05) is 30.3 Å². The van der Waals surface area contributed by atoms with Crippen LogP contribution in [0.3, 0.4) is 0 Å². The lowest BCUT2D eigenvalue weighted by atomic mass is 10.1. The number of benzene rings is 1. The van der Waals surface area contributed by atoms with Crippen LogP contribution in [0, 0.1) is 0 Å². The zero-order valence-electron chi connectivity index (χ0n) is 7.83. The zero-order chi connectivity index (χ0) is 9.52. The van der Waals surface area contributed by atoms with Crippen LogP contribution in [-0.4, -0.2) is 18.1 Å². The molecule has 70 valence electrons. The van der Waals surface area contributed by atoms with Crippen molar-refractivity contribution in [2.45, 2.75) is 13.3 Å². The van der Waals surface area contributed by atoms with Crippen LogP contribution in [-0.2, 0) is 0 Å². The fourth-order valence-electron chi connectivity index (χ4n) is 1.08. The van der Waals surface area contributed by atoms with E-state index in [9.17, 15) is 0 Å². The van der Waals surface area contributed by atoms with Crippen LogP contribution in [0.5, 0.6) is 0 Å². The Morgan fingerprint density at radius 3 is 2.62 bits per heavy atom. The first-order chi connectivity index (χ1) is 6.34. The average Bonchev–Trinajstić information content (AvgIpc) is 2.19. The second-order valence-corrected chi connectivity index (χ2v) is 3.25. The number of nitrogens with zero attached hydrogens (tertiary/aromatic N) is 1. The molecule has 13 heavy (non-hydrogen) atoms. The fourth-order valence-corrected chi connectivity index (χ4v) is 1.20. The molecule has 2 heteroatoms. The van der Waals surface area contributed by atoms with Gasteiger partial charge < -0.3 is 0 Å². The predicted molar refractivity (Wildman–Crippen MR) is 58.9 cm³/mol. The van der Waals surface area contributed by atoms with Gasteiger partial charge in [-0.2, -0.15) is 0 Å². The van der Waals surface area contributed by atoms with Gasteiger partial charge in [0, 0.05) is 18.1 Å². The van der Waals surface area contributed by atoms with Crippen LogP contribution in [0.15, 0.2) is 35.3 Å². The van der Waals surface area contributed by atoms with E-state index >= 15 is 0 Å². The summed E-state index contributed by atoms with van der Waals surface area (Å²) >= 11 is 5.56. The molecular weight excluding hydrogens is 182 g/mol. The second kappa shape index (κ2) is 5.76. The summed E-state index contributed by atoms with van der Waals surface area (Å²) in [6.07, 6.45) is 0.950. The van der Waals surface area contributed by atoms with E-state index in [4.69, 9.17) is 11.6 Å². The Balaban J connectivity index is 2.57. The van der Waals surface area contributed by atoms with Gasteiger partial charge in [0.1, 0.15) is 0 Å². The first-order valence-corrected chi connectivity index (χ1v) is 5.00. The van der Waals surface area contributed by atoms with Crippen molar-refractivity contribution in [3.05, 3.63) is 35.9 Å². The van der Waals surface area contributed by atoms with E-state index in [1.54, 1.807) is 0 Å². The maximum absolute atomic E-state index is 5.56. The van der Waals surface area contributed by atoms with Gasteiger partial charge in [0.15, 0.2) is 0 Å². The minimum atomic E-state index is 0.686. The van der Waals surface area contributed by atoms with Crippen LogP contribution < -0.4 is 0 Å². The number of hydrogen-bond acceptors (Lipinski definition) is 1. The Morgan fingerprint density at radius 2 is 2.00 bits per heavy atom. The maximum atomic E-state index is 5.56. The Morgan fingerprint density at radius 1 is 1.31 bits per heavy atom. The largest absolute Gasteiger partial charge is 0.289 e. The summed E-state index contributed by atoms with van der Waals surface area (Å²) in [4.78, 5) is 4.42. The van der Waals surface area contributed by atoms with Crippen LogP contribution in [0.1, 0.15) is 18.9 Å². The monoisotopic (exact) mass is 195 g/mol. The van der Waals surface area contributed by atoms with E-state index in [1.165, 1.54) is 5.56 Å². The third-order valence-electron chi connectivity index (χ3n) is 1.83. The number of halogens is 1. The molecule has 0 fully saturated rings. The summed E-state index contributed by atoms with van der Waals surface area (Å²) in [7, 11) is 0. The normalized spacial score (nSPS) is 11.7. The van der Waals surface area contributed by atoms with Gasteiger partial charge in [0.2, 0.25) is 0 Å². The van der Waals surface area contributed by atoms with E-state index in [1.807, 2.05) is 25.1 Å². The van der Waals surface area contributed by atoms with E-state index in [0.717, 1.165) is 18.7 Å². The van der Waals surface area contributed by atoms with Crippen LogP contribution in [0.25, 0.3) is 0 Å². The highest BCUT2D eigenvalue weighted by Gasteiger charge is 1.93. The summed E-state index contributed by atoms with van der Waals surface area (Å²) in [5, 5.41) is 0. The highest BCUT2D eigenvalue weighted by Crippen LogP contribution is 2.01. The summed E-state index contributed by atoms with van der Waals surface area (Å²) in [5.74, 6) is 0.686.